The minimum absolute atomic E-state index is 0.0492. The van der Waals surface area contributed by atoms with Gasteiger partial charge < -0.3 is 9.26 Å². The number of hydrogen-bond acceptors (Lipinski definition) is 5. The zero-order chi connectivity index (χ0) is 12.1. The summed E-state index contributed by atoms with van der Waals surface area (Å²) >= 11 is 0. The number of nitrogens with zero attached hydrogens (tertiary/aromatic N) is 2. The second kappa shape index (κ2) is 5.82. The molecule has 0 aromatic carbocycles. The van der Waals surface area contributed by atoms with E-state index in [9.17, 15) is 4.79 Å². The maximum absolute atomic E-state index is 11.6. The van der Waals surface area contributed by atoms with Crippen LogP contribution in [0.15, 0.2) is 16.8 Å². The van der Waals surface area contributed by atoms with Crippen molar-refractivity contribution in [3.05, 3.63) is 18.0 Å². The van der Waals surface area contributed by atoms with Gasteiger partial charge >= 0.3 is 5.97 Å². The van der Waals surface area contributed by atoms with Gasteiger partial charge in [0.2, 0.25) is 0 Å². The lowest BCUT2D eigenvalue weighted by atomic mass is 9.97. The number of esters is 1. The van der Waals surface area contributed by atoms with Crippen LogP contribution in [0.2, 0.25) is 0 Å². The van der Waals surface area contributed by atoms with Crippen LogP contribution >= 0.6 is 0 Å². The summed E-state index contributed by atoms with van der Waals surface area (Å²) in [6, 6.07) is 1.87. The van der Waals surface area contributed by atoms with E-state index in [1.165, 1.54) is 0 Å². The van der Waals surface area contributed by atoms with Crippen LogP contribution in [-0.2, 0) is 16.1 Å². The number of carbonyl (C=O) groups excluding carboxylic acids is 1. The van der Waals surface area contributed by atoms with Gasteiger partial charge in [0.05, 0.1) is 25.3 Å². The molecule has 0 bridgehead atoms. The quantitative estimate of drug-likeness (QED) is 0.743. The predicted octanol–water partition coefficient (Wildman–Crippen LogP) is 1.45. The van der Waals surface area contributed by atoms with Crippen molar-refractivity contribution in [1.29, 1.82) is 0 Å². The third-order valence-corrected chi connectivity index (χ3v) is 3.08. The van der Waals surface area contributed by atoms with Crippen molar-refractivity contribution < 1.29 is 14.1 Å². The summed E-state index contributed by atoms with van der Waals surface area (Å²) in [4.78, 5) is 13.8. The van der Waals surface area contributed by atoms with Crippen molar-refractivity contribution in [3.63, 3.8) is 0 Å². The third kappa shape index (κ3) is 3.30. The molecule has 17 heavy (non-hydrogen) atoms. The van der Waals surface area contributed by atoms with Crippen LogP contribution in [-0.4, -0.2) is 35.7 Å². The van der Waals surface area contributed by atoms with Gasteiger partial charge in [0.15, 0.2) is 5.76 Å². The van der Waals surface area contributed by atoms with E-state index < -0.39 is 0 Å². The summed E-state index contributed by atoms with van der Waals surface area (Å²) in [6.45, 7) is 4.90. The average Bonchev–Trinajstić information content (AvgIpc) is 2.83. The molecule has 0 radical (unpaired) electrons. The first-order valence-electron chi connectivity index (χ1n) is 6.08. The fourth-order valence-corrected chi connectivity index (χ4v) is 2.13. The number of aromatic nitrogens is 1. The zero-order valence-electron chi connectivity index (χ0n) is 10.1. The van der Waals surface area contributed by atoms with E-state index in [-0.39, 0.29) is 11.9 Å². The van der Waals surface area contributed by atoms with Crippen LogP contribution in [0, 0.1) is 5.92 Å². The summed E-state index contributed by atoms with van der Waals surface area (Å²) in [7, 11) is 0. The van der Waals surface area contributed by atoms with Crippen molar-refractivity contribution >= 4 is 5.97 Å². The molecule has 5 nitrogen and oxygen atoms in total. The van der Waals surface area contributed by atoms with E-state index in [1.54, 1.807) is 6.20 Å². The average molecular weight is 238 g/mol. The van der Waals surface area contributed by atoms with Crippen LogP contribution in [0.4, 0.5) is 0 Å². The van der Waals surface area contributed by atoms with Crippen molar-refractivity contribution in [2.45, 2.75) is 26.3 Å². The summed E-state index contributed by atoms with van der Waals surface area (Å²) in [6.07, 6.45) is 3.39. The Balaban J connectivity index is 1.76. The molecule has 0 atom stereocenters. The van der Waals surface area contributed by atoms with Crippen LogP contribution in [0.25, 0.3) is 0 Å². The van der Waals surface area contributed by atoms with E-state index in [2.05, 4.69) is 10.1 Å². The van der Waals surface area contributed by atoms with Gasteiger partial charge in [-0.3, -0.25) is 9.69 Å². The third-order valence-electron chi connectivity index (χ3n) is 3.08. The highest BCUT2D eigenvalue weighted by Gasteiger charge is 2.26. The van der Waals surface area contributed by atoms with Gasteiger partial charge in [0.25, 0.3) is 0 Å². The number of ether oxygens (including phenoxy) is 1. The topological polar surface area (TPSA) is 55.6 Å². The van der Waals surface area contributed by atoms with Gasteiger partial charge in [-0.2, -0.15) is 0 Å². The minimum atomic E-state index is -0.0492. The molecular formula is C12H18N2O3. The van der Waals surface area contributed by atoms with Crippen LogP contribution in [0.3, 0.4) is 0 Å². The maximum atomic E-state index is 11.6. The molecule has 5 heteroatoms. The van der Waals surface area contributed by atoms with Gasteiger partial charge in [0.1, 0.15) is 0 Å². The molecule has 0 unspecified atom stereocenters. The molecule has 94 valence electrons. The molecule has 0 aliphatic carbocycles. The molecule has 0 amide bonds. The second-order valence-electron chi connectivity index (χ2n) is 4.28. The van der Waals surface area contributed by atoms with E-state index in [4.69, 9.17) is 9.26 Å². The van der Waals surface area contributed by atoms with Crippen molar-refractivity contribution in [3.8, 4) is 0 Å². The molecule has 1 aliphatic heterocycles. The highest BCUT2D eigenvalue weighted by atomic mass is 16.5. The molecule has 2 heterocycles. The van der Waals surface area contributed by atoms with Crippen molar-refractivity contribution in [2.24, 2.45) is 5.92 Å². The largest absolute Gasteiger partial charge is 0.466 e. The fraction of sp³-hybridized carbons (Fsp3) is 0.667. The molecule has 1 aromatic rings. The number of piperidine rings is 1. The van der Waals surface area contributed by atoms with Crippen molar-refractivity contribution in [2.75, 3.05) is 19.7 Å². The van der Waals surface area contributed by atoms with E-state index in [0.717, 1.165) is 38.2 Å². The van der Waals surface area contributed by atoms with E-state index in [0.29, 0.717) is 6.61 Å². The standard InChI is InChI=1S/C12H18N2O3/c1-2-16-12(15)10-4-7-14(8-5-10)9-11-3-6-13-17-11/h3,6,10H,2,4-5,7-9H2,1H3. The molecule has 0 saturated carbocycles. The van der Waals surface area contributed by atoms with Crippen LogP contribution < -0.4 is 0 Å². The molecule has 1 fully saturated rings. The second-order valence-corrected chi connectivity index (χ2v) is 4.28. The van der Waals surface area contributed by atoms with Gasteiger partial charge in [0, 0.05) is 6.07 Å². The first kappa shape index (κ1) is 12.1. The molecule has 0 N–H and O–H groups in total. The highest BCUT2D eigenvalue weighted by molar-refractivity contribution is 5.72. The van der Waals surface area contributed by atoms with Crippen molar-refractivity contribution in [1.82, 2.24) is 10.1 Å². The van der Waals surface area contributed by atoms with Gasteiger partial charge in [-0.15, -0.1) is 0 Å². The predicted molar refractivity (Wildman–Crippen MR) is 61.1 cm³/mol. The Hall–Kier alpha value is -1.36. The minimum Gasteiger partial charge on any atom is -0.466 e. The maximum Gasteiger partial charge on any atom is 0.309 e. The Morgan fingerprint density at radius 3 is 2.94 bits per heavy atom. The van der Waals surface area contributed by atoms with Gasteiger partial charge in [-0.05, 0) is 32.9 Å². The number of hydrogen-bond donors (Lipinski definition) is 0. The SMILES string of the molecule is CCOC(=O)C1CCN(Cc2ccno2)CC1. The molecule has 2 rings (SSSR count). The Labute approximate surface area is 101 Å². The smallest absolute Gasteiger partial charge is 0.309 e. The lowest BCUT2D eigenvalue weighted by Gasteiger charge is -2.29. The van der Waals surface area contributed by atoms with Crippen LogP contribution in [0.1, 0.15) is 25.5 Å². The lowest BCUT2D eigenvalue weighted by molar-refractivity contribution is -0.149. The monoisotopic (exact) mass is 238 g/mol. The normalized spacial score (nSPS) is 18.2. The Kier molecular flexibility index (Phi) is 4.14. The first-order valence-corrected chi connectivity index (χ1v) is 6.08. The summed E-state index contributed by atoms with van der Waals surface area (Å²) in [5, 5.41) is 3.68. The van der Waals surface area contributed by atoms with Gasteiger partial charge in [-0.25, -0.2) is 0 Å². The van der Waals surface area contributed by atoms with Gasteiger partial charge in [-0.1, -0.05) is 5.16 Å². The molecule has 0 spiro atoms. The molecule has 1 aliphatic rings. The first-order chi connectivity index (χ1) is 8.29. The fourth-order valence-electron chi connectivity index (χ4n) is 2.13. The summed E-state index contributed by atoms with van der Waals surface area (Å²) in [5.41, 5.74) is 0. The number of carbonyl (C=O) groups is 1. The Morgan fingerprint density at radius 2 is 2.35 bits per heavy atom. The highest BCUT2D eigenvalue weighted by Crippen LogP contribution is 2.20. The summed E-state index contributed by atoms with van der Waals surface area (Å²) < 4.78 is 10.1. The lowest BCUT2D eigenvalue weighted by Crippen LogP contribution is -2.36. The number of likely N-dealkylation sites (tertiary alicyclic amines) is 1. The molecular weight excluding hydrogens is 220 g/mol. The number of rotatable bonds is 4. The van der Waals surface area contributed by atoms with Crippen LogP contribution in [0.5, 0.6) is 0 Å². The van der Waals surface area contributed by atoms with E-state index in [1.807, 2.05) is 13.0 Å². The molecule has 1 aromatic heterocycles. The molecule has 1 saturated heterocycles. The zero-order valence-corrected chi connectivity index (χ0v) is 10.1. The Morgan fingerprint density at radius 1 is 1.59 bits per heavy atom. The van der Waals surface area contributed by atoms with E-state index >= 15 is 0 Å². The summed E-state index contributed by atoms with van der Waals surface area (Å²) in [5.74, 6) is 0.896. The Bertz CT molecular complexity index is 343.